The molecule has 0 aliphatic carbocycles. The monoisotopic (exact) mass is 450 g/mol. The van der Waals surface area contributed by atoms with Gasteiger partial charge in [0.1, 0.15) is 18.6 Å². The Morgan fingerprint density at radius 3 is 2.48 bits per heavy atom. The minimum atomic E-state index is -1.17. The van der Waals surface area contributed by atoms with Crippen LogP contribution in [-0.2, 0) is 25.6 Å². The van der Waals surface area contributed by atoms with Crippen LogP contribution in [0.2, 0.25) is 0 Å². The first-order valence-corrected chi connectivity index (χ1v) is 11.7. The van der Waals surface area contributed by atoms with Crippen LogP contribution >= 0.6 is 11.8 Å². The van der Waals surface area contributed by atoms with Gasteiger partial charge in [-0.2, -0.15) is 11.8 Å². The largest absolute Gasteiger partial charge is 0.480 e. The van der Waals surface area contributed by atoms with Crippen molar-refractivity contribution < 1.29 is 24.3 Å². The van der Waals surface area contributed by atoms with E-state index in [-0.39, 0.29) is 18.4 Å². The molecular formula is C21H30N4O5S. The lowest BCUT2D eigenvalue weighted by Crippen LogP contribution is -2.56. The first kappa shape index (κ1) is 24.7. The van der Waals surface area contributed by atoms with Crippen molar-refractivity contribution in [3.8, 4) is 0 Å². The van der Waals surface area contributed by atoms with E-state index in [0.717, 1.165) is 24.9 Å². The van der Waals surface area contributed by atoms with Gasteiger partial charge in [0.25, 0.3) is 0 Å². The molecule has 0 saturated carbocycles. The molecule has 1 heterocycles. The molecule has 9 nitrogen and oxygen atoms in total. The molecule has 1 aromatic carbocycles. The van der Waals surface area contributed by atoms with Crippen LogP contribution in [0.4, 0.5) is 0 Å². The molecule has 0 bridgehead atoms. The quantitative estimate of drug-likeness (QED) is 0.300. The van der Waals surface area contributed by atoms with Crippen LogP contribution in [0.1, 0.15) is 24.8 Å². The summed E-state index contributed by atoms with van der Waals surface area (Å²) < 4.78 is 0. The number of carboxylic acid groups (broad SMARTS) is 1. The lowest BCUT2D eigenvalue weighted by molar-refractivity contribution is -0.138. The van der Waals surface area contributed by atoms with Crippen LogP contribution in [0.3, 0.4) is 0 Å². The Hall–Kier alpha value is -2.59. The maximum Gasteiger partial charge on any atom is 0.322 e. The van der Waals surface area contributed by atoms with Crippen molar-refractivity contribution >= 4 is 35.5 Å². The molecular weight excluding hydrogens is 420 g/mol. The van der Waals surface area contributed by atoms with Crippen LogP contribution in [0.5, 0.6) is 0 Å². The van der Waals surface area contributed by atoms with Gasteiger partial charge in [-0.3, -0.25) is 19.2 Å². The lowest BCUT2D eigenvalue weighted by Gasteiger charge is -2.24. The number of carbonyl (C=O) groups is 4. The van der Waals surface area contributed by atoms with Gasteiger partial charge in [0.2, 0.25) is 17.7 Å². The van der Waals surface area contributed by atoms with Crippen molar-refractivity contribution in [3.63, 3.8) is 0 Å². The molecule has 0 spiro atoms. The van der Waals surface area contributed by atoms with E-state index in [4.69, 9.17) is 5.11 Å². The van der Waals surface area contributed by atoms with Crippen LogP contribution in [0.15, 0.2) is 30.3 Å². The molecule has 1 aliphatic rings. The molecule has 1 fully saturated rings. The molecule has 5 N–H and O–H groups in total. The summed E-state index contributed by atoms with van der Waals surface area (Å²) in [5.74, 6) is -1.80. The predicted molar refractivity (Wildman–Crippen MR) is 119 cm³/mol. The average Bonchev–Trinajstić information content (AvgIpc) is 3.30. The number of rotatable bonds is 12. The van der Waals surface area contributed by atoms with Gasteiger partial charge in [-0.1, -0.05) is 30.3 Å². The zero-order chi connectivity index (χ0) is 22.6. The highest BCUT2D eigenvalue weighted by Gasteiger charge is 2.30. The second-order valence-electron chi connectivity index (χ2n) is 7.35. The third-order valence-corrected chi connectivity index (χ3v) is 5.59. The minimum absolute atomic E-state index is 0.200. The van der Waals surface area contributed by atoms with Gasteiger partial charge in [0, 0.05) is 6.42 Å². The Morgan fingerprint density at radius 1 is 1.13 bits per heavy atom. The summed E-state index contributed by atoms with van der Waals surface area (Å²) in [4.78, 5) is 48.9. The van der Waals surface area contributed by atoms with Crippen LogP contribution in [0.25, 0.3) is 0 Å². The van der Waals surface area contributed by atoms with E-state index in [1.165, 1.54) is 0 Å². The second kappa shape index (κ2) is 13.0. The topological polar surface area (TPSA) is 137 Å². The highest BCUT2D eigenvalue weighted by atomic mass is 32.2. The summed E-state index contributed by atoms with van der Waals surface area (Å²) in [7, 11) is 0. The molecule has 10 heteroatoms. The Balaban J connectivity index is 2.09. The van der Waals surface area contributed by atoms with Gasteiger partial charge in [-0.15, -0.1) is 0 Å². The van der Waals surface area contributed by atoms with Gasteiger partial charge in [0.05, 0.1) is 6.04 Å². The molecule has 1 saturated heterocycles. The number of nitrogens with one attached hydrogen (secondary N) is 4. The number of benzene rings is 1. The van der Waals surface area contributed by atoms with Crippen molar-refractivity contribution in [1.29, 1.82) is 0 Å². The van der Waals surface area contributed by atoms with Gasteiger partial charge < -0.3 is 26.4 Å². The SMILES string of the molecule is CSCCC(NC(=O)C1CCCN1)C(=O)NC(Cc1ccccc1)C(=O)NCC(=O)O. The van der Waals surface area contributed by atoms with E-state index in [2.05, 4.69) is 21.3 Å². The van der Waals surface area contributed by atoms with E-state index >= 15 is 0 Å². The van der Waals surface area contributed by atoms with Crippen molar-refractivity contribution in [2.75, 3.05) is 25.1 Å². The maximum atomic E-state index is 13.0. The zero-order valence-corrected chi connectivity index (χ0v) is 18.4. The maximum absolute atomic E-state index is 13.0. The molecule has 1 aliphatic heterocycles. The van der Waals surface area contributed by atoms with E-state index in [1.54, 1.807) is 11.8 Å². The highest BCUT2D eigenvalue weighted by molar-refractivity contribution is 7.98. The summed E-state index contributed by atoms with van der Waals surface area (Å²) in [5, 5.41) is 19.8. The summed E-state index contributed by atoms with van der Waals surface area (Å²) >= 11 is 1.55. The number of thioether (sulfide) groups is 1. The van der Waals surface area contributed by atoms with E-state index < -0.39 is 36.4 Å². The Labute approximate surface area is 186 Å². The molecule has 0 radical (unpaired) electrons. The first-order chi connectivity index (χ1) is 14.9. The number of hydrogen-bond acceptors (Lipinski definition) is 6. The second-order valence-corrected chi connectivity index (χ2v) is 8.34. The number of carbonyl (C=O) groups excluding carboxylic acids is 3. The van der Waals surface area contributed by atoms with Crippen LogP contribution in [0, 0.1) is 0 Å². The van der Waals surface area contributed by atoms with Gasteiger partial charge in [-0.25, -0.2) is 0 Å². The fourth-order valence-electron chi connectivity index (χ4n) is 3.30. The minimum Gasteiger partial charge on any atom is -0.480 e. The molecule has 31 heavy (non-hydrogen) atoms. The Bertz CT molecular complexity index is 755. The fraction of sp³-hybridized carbons (Fsp3) is 0.524. The Kier molecular flexibility index (Phi) is 10.3. The third kappa shape index (κ3) is 8.58. The average molecular weight is 451 g/mol. The van der Waals surface area contributed by atoms with E-state index in [1.807, 2.05) is 36.6 Å². The zero-order valence-electron chi connectivity index (χ0n) is 17.6. The fourth-order valence-corrected chi connectivity index (χ4v) is 3.77. The summed E-state index contributed by atoms with van der Waals surface area (Å²) in [6.45, 7) is 0.225. The standard InChI is InChI=1S/C21H30N4O5S/c1-31-11-9-16(24-20(29)15-8-5-10-22-15)21(30)25-17(19(28)23-13-18(26)27)12-14-6-3-2-4-7-14/h2-4,6-7,15-17,22H,5,8-13H2,1H3,(H,23,28)(H,24,29)(H,25,30)(H,26,27). The van der Waals surface area contributed by atoms with Gasteiger partial charge in [0.15, 0.2) is 0 Å². The number of aliphatic carboxylic acids is 1. The third-order valence-electron chi connectivity index (χ3n) is 4.95. The van der Waals surface area contributed by atoms with Crippen molar-refractivity contribution in [1.82, 2.24) is 21.3 Å². The van der Waals surface area contributed by atoms with E-state index in [9.17, 15) is 19.2 Å². The van der Waals surface area contributed by atoms with E-state index in [0.29, 0.717) is 12.2 Å². The number of amides is 3. The number of hydrogen-bond donors (Lipinski definition) is 5. The first-order valence-electron chi connectivity index (χ1n) is 10.3. The van der Waals surface area contributed by atoms with Crippen molar-refractivity contribution in [2.45, 2.75) is 43.8 Å². The van der Waals surface area contributed by atoms with Gasteiger partial charge in [-0.05, 0) is 43.4 Å². The summed E-state index contributed by atoms with van der Waals surface area (Å²) in [6, 6.07) is 7.06. The van der Waals surface area contributed by atoms with Crippen molar-refractivity contribution in [3.05, 3.63) is 35.9 Å². The molecule has 3 unspecified atom stereocenters. The summed E-state index contributed by atoms with van der Waals surface area (Å²) in [5.41, 5.74) is 0.818. The lowest BCUT2D eigenvalue weighted by atomic mass is 10.0. The summed E-state index contributed by atoms with van der Waals surface area (Å²) in [6.07, 6.45) is 4.15. The molecule has 3 atom stereocenters. The Morgan fingerprint density at radius 2 is 1.87 bits per heavy atom. The number of carboxylic acids is 1. The molecule has 1 aromatic rings. The van der Waals surface area contributed by atoms with Crippen molar-refractivity contribution in [2.24, 2.45) is 0 Å². The smallest absolute Gasteiger partial charge is 0.322 e. The van der Waals surface area contributed by atoms with Crippen LogP contribution < -0.4 is 21.3 Å². The predicted octanol–water partition coefficient (Wildman–Crippen LogP) is -0.0954. The molecule has 0 aromatic heterocycles. The molecule has 2 rings (SSSR count). The highest BCUT2D eigenvalue weighted by Crippen LogP contribution is 2.09. The molecule has 3 amide bonds. The van der Waals surface area contributed by atoms with Gasteiger partial charge >= 0.3 is 5.97 Å². The van der Waals surface area contributed by atoms with Crippen LogP contribution in [-0.4, -0.2) is 72.0 Å². The normalized spacial score (nSPS) is 17.4. The molecule has 170 valence electrons.